The van der Waals surface area contributed by atoms with Gasteiger partial charge in [-0.2, -0.15) is 0 Å². The molecule has 2 aliphatic carbocycles. The smallest absolute Gasteiger partial charge is 0.341 e. The number of fused-ring (bicyclic) bond motifs is 6. The Hall–Kier alpha value is -1.93. The topological polar surface area (TPSA) is 88.6 Å². The van der Waals surface area contributed by atoms with Crippen LogP contribution in [0.5, 0.6) is 11.5 Å². The molecule has 2 N–H and O–H groups in total. The van der Waals surface area contributed by atoms with Gasteiger partial charge in [0.15, 0.2) is 18.1 Å². The molecular formula is C20H21NO5S2. The summed E-state index contributed by atoms with van der Waals surface area (Å²) in [5, 5.41) is 10.4. The van der Waals surface area contributed by atoms with Crippen LogP contribution in [-0.2, 0) is 4.79 Å². The minimum Gasteiger partial charge on any atom is -0.493 e. The molecule has 0 spiro atoms. The van der Waals surface area contributed by atoms with Crippen LogP contribution in [0.25, 0.3) is 0 Å². The summed E-state index contributed by atoms with van der Waals surface area (Å²) in [7, 11) is 1.56. The van der Waals surface area contributed by atoms with Gasteiger partial charge >= 0.3 is 10.8 Å². The third-order valence-electron chi connectivity index (χ3n) is 6.36. The summed E-state index contributed by atoms with van der Waals surface area (Å²) in [6.45, 7) is -0.409. The van der Waals surface area contributed by atoms with Gasteiger partial charge in [-0.3, -0.25) is 4.79 Å². The number of aromatic nitrogens is 1. The summed E-state index contributed by atoms with van der Waals surface area (Å²) in [6.07, 6.45) is 3.85. The Kier molecular flexibility index (Phi) is 4.43. The van der Waals surface area contributed by atoms with Gasteiger partial charge in [0.25, 0.3) is 0 Å². The fourth-order valence-electron chi connectivity index (χ4n) is 5.36. The van der Waals surface area contributed by atoms with Crippen LogP contribution in [0.1, 0.15) is 35.6 Å². The number of benzene rings is 1. The lowest BCUT2D eigenvalue weighted by Gasteiger charge is -2.40. The highest BCUT2D eigenvalue weighted by Crippen LogP contribution is 2.63. The summed E-state index contributed by atoms with van der Waals surface area (Å²) in [4.78, 5) is 27.1. The van der Waals surface area contributed by atoms with Crippen LogP contribution in [0.4, 0.5) is 0 Å². The van der Waals surface area contributed by atoms with Crippen molar-refractivity contribution in [3.63, 3.8) is 0 Å². The maximum atomic E-state index is 12.1. The van der Waals surface area contributed by atoms with Gasteiger partial charge in [-0.15, -0.1) is 11.8 Å². The van der Waals surface area contributed by atoms with E-state index in [1.165, 1.54) is 30.6 Å². The first-order valence-corrected chi connectivity index (χ1v) is 11.2. The van der Waals surface area contributed by atoms with Crippen molar-refractivity contribution >= 4 is 29.1 Å². The lowest BCUT2D eigenvalue weighted by atomic mass is 9.75. The molecule has 148 valence electrons. The molecule has 0 unspecified atom stereocenters. The number of hydrogen-bond donors (Lipinski definition) is 2. The normalized spacial score (nSPS) is 30.0. The first-order valence-electron chi connectivity index (χ1n) is 9.47. The molecule has 5 atom stereocenters. The van der Waals surface area contributed by atoms with Gasteiger partial charge in [-0.05, 0) is 54.7 Å². The van der Waals surface area contributed by atoms with Crippen molar-refractivity contribution in [3.8, 4) is 11.5 Å². The maximum absolute atomic E-state index is 12.1. The molecule has 2 fully saturated rings. The lowest BCUT2D eigenvalue weighted by molar-refractivity contribution is -0.139. The number of thiazole rings is 1. The van der Waals surface area contributed by atoms with Crippen molar-refractivity contribution in [1.29, 1.82) is 0 Å². The second-order valence-corrected chi connectivity index (χ2v) is 9.97. The number of hydrogen-bond acceptors (Lipinski definition) is 6. The Labute approximate surface area is 170 Å². The largest absolute Gasteiger partial charge is 0.493 e. The molecule has 5 rings (SSSR count). The van der Waals surface area contributed by atoms with E-state index < -0.39 is 12.6 Å². The van der Waals surface area contributed by atoms with E-state index in [-0.39, 0.29) is 10.8 Å². The van der Waals surface area contributed by atoms with Crippen LogP contribution < -0.4 is 14.3 Å². The summed E-state index contributed by atoms with van der Waals surface area (Å²) in [6, 6.07) is 5.74. The molecule has 0 amide bonds. The van der Waals surface area contributed by atoms with E-state index in [9.17, 15) is 9.59 Å². The van der Waals surface area contributed by atoms with Crippen LogP contribution >= 0.6 is 23.1 Å². The van der Waals surface area contributed by atoms with E-state index in [4.69, 9.17) is 14.6 Å². The molecule has 3 aliphatic rings. The molecule has 1 aromatic heterocycles. The average Bonchev–Trinajstić information content (AvgIpc) is 3.38. The highest BCUT2D eigenvalue weighted by molar-refractivity contribution is 8.00. The molecule has 2 bridgehead atoms. The number of carbonyl (C=O) groups is 1. The monoisotopic (exact) mass is 419 g/mol. The zero-order chi connectivity index (χ0) is 19.4. The fourth-order valence-corrected chi connectivity index (χ4v) is 8.25. The van der Waals surface area contributed by atoms with Crippen molar-refractivity contribution < 1.29 is 19.4 Å². The van der Waals surface area contributed by atoms with E-state index in [0.29, 0.717) is 28.6 Å². The minimum atomic E-state index is -1.03. The first-order chi connectivity index (χ1) is 13.5. The van der Waals surface area contributed by atoms with E-state index in [1.54, 1.807) is 13.2 Å². The van der Waals surface area contributed by atoms with Crippen LogP contribution in [0.2, 0.25) is 0 Å². The molecule has 8 heteroatoms. The standard InChI is InChI=1S/C20H21NO5S2/c1-25-13-7-10(4-5-12(13)26-8-14(22)23)16-15-9-2-3-11(6-9)17(15)27-19-18(16)28-20(24)21-19/h4-5,7,9,11,15-17H,2-3,6,8H2,1H3,(H,21,24)(H,22,23)/t9-,11-,15-,16+,17-/m1/s1. The number of methoxy groups -OCH3 is 1. The van der Waals surface area contributed by atoms with E-state index in [2.05, 4.69) is 4.98 Å². The van der Waals surface area contributed by atoms with Crippen LogP contribution in [-0.4, -0.2) is 35.0 Å². The number of rotatable bonds is 5. The highest BCUT2D eigenvalue weighted by Gasteiger charge is 2.54. The molecule has 2 aromatic rings. The number of H-pyrrole nitrogens is 1. The Morgan fingerprint density at radius 1 is 1.29 bits per heavy atom. The van der Waals surface area contributed by atoms with Gasteiger partial charge in [0.2, 0.25) is 0 Å². The zero-order valence-electron chi connectivity index (χ0n) is 15.3. The summed E-state index contributed by atoms with van der Waals surface area (Å²) in [5.74, 6) is 2.06. The molecule has 6 nitrogen and oxygen atoms in total. The molecule has 1 aromatic carbocycles. The zero-order valence-corrected chi connectivity index (χ0v) is 17.0. The third-order valence-corrected chi connectivity index (χ3v) is 8.99. The SMILES string of the molecule is COc1cc([C@@H]2c3sc(=O)[nH]c3S[C@@H]3[C@@H]4CC[C@H](C4)[C@H]23)ccc1OCC(=O)O. The Morgan fingerprint density at radius 2 is 2.11 bits per heavy atom. The van der Waals surface area contributed by atoms with Gasteiger partial charge in [-0.1, -0.05) is 17.4 Å². The number of ether oxygens (including phenoxy) is 2. The van der Waals surface area contributed by atoms with Crippen molar-refractivity contribution in [2.45, 2.75) is 35.5 Å². The van der Waals surface area contributed by atoms with Crippen molar-refractivity contribution in [1.82, 2.24) is 4.98 Å². The average molecular weight is 420 g/mol. The number of carboxylic acid groups (broad SMARTS) is 1. The molecule has 28 heavy (non-hydrogen) atoms. The Balaban J connectivity index is 1.56. The third kappa shape index (κ3) is 2.85. The molecule has 2 saturated carbocycles. The summed E-state index contributed by atoms with van der Waals surface area (Å²) < 4.78 is 10.8. The molecule has 0 radical (unpaired) electrons. The molecular weight excluding hydrogens is 398 g/mol. The first kappa shape index (κ1) is 18.1. The Bertz CT molecular complexity index is 983. The lowest BCUT2D eigenvalue weighted by Crippen LogP contribution is -2.33. The summed E-state index contributed by atoms with van der Waals surface area (Å²) >= 11 is 3.19. The van der Waals surface area contributed by atoms with E-state index in [0.717, 1.165) is 21.4 Å². The number of nitrogens with one attached hydrogen (secondary N) is 1. The van der Waals surface area contributed by atoms with Gasteiger partial charge in [0.1, 0.15) is 0 Å². The van der Waals surface area contributed by atoms with Crippen molar-refractivity contribution in [2.24, 2.45) is 17.8 Å². The Morgan fingerprint density at radius 3 is 2.89 bits per heavy atom. The van der Waals surface area contributed by atoms with Gasteiger partial charge in [0, 0.05) is 16.0 Å². The molecule has 0 saturated heterocycles. The van der Waals surface area contributed by atoms with Crippen molar-refractivity contribution in [2.75, 3.05) is 13.7 Å². The predicted molar refractivity (Wildman–Crippen MR) is 107 cm³/mol. The van der Waals surface area contributed by atoms with E-state index >= 15 is 0 Å². The number of aliphatic carboxylic acids is 1. The number of thioether (sulfide) groups is 1. The highest BCUT2D eigenvalue weighted by atomic mass is 32.2. The van der Waals surface area contributed by atoms with E-state index in [1.807, 2.05) is 23.9 Å². The van der Waals surface area contributed by atoms with Crippen LogP contribution in [0.3, 0.4) is 0 Å². The van der Waals surface area contributed by atoms with Crippen molar-refractivity contribution in [3.05, 3.63) is 38.3 Å². The molecule has 1 aliphatic heterocycles. The quantitative estimate of drug-likeness (QED) is 0.770. The van der Waals surface area contributed by atoms with Gasteiger partial charge in [0.05, 0.1) is 12.1 Å². The summed E-state index contributed by atoms with van der Waals surface area (Å²) in [5.41, 5.74) is 1.11. The fraction of sp³-hybridized carbons (Fsp3) is 0.500. The number of carboxylic acids is 1. The van der Waals surface area contributed by atoms with Gasteiger partial charge in [-0.25, -0.2) is 4.79 Å². The number of aromatic amines is 1. The van der Waals surface area contributed by atoms with Crippen LogP contribution in [0.15, 0.2) is 28.0 Å². The molecule has 2 heterocycles. The van der Waals surface area contributed by atoms with Gasteiger partial charge < -0.3 is 19.6 Å². The second-order valence-electron chi connectivity index (χ2n) is 7.77. The second kappa shape index (κ2) is 6.84. The van der Waals surface area contributed by atoms with Crippen LogP contribution in [0, 0.1) is 17.8 Å². The minimum absolute atomic E-state index is 0.00296. The maximum Gasteiger partial charge on any atom is 0.341 e. The predicted octanol–water partition coefficient (Wildman–Crippen LogP) is 3.56.